The lowest BCUT2D eigenvalue weighted by molar-refractivity contribution is -0.121. The van der Waals surface area contributed by atoms with Gasteiger partial charge in [-0.3, -0.25) is 9.78 Å². The summed E-state index contributed by atoms with van der Waals surface area (Å²) >= 11 is 0. The monoisotopic (exact) mass is 361 g/mol. The number of fused-ring (bicyclic) bond motifs is 1. The fourth-order valence-corrected chi connectivity index (χ4v) is 2.99. The van der Waals surface area contributed by atoms with Gasteiger partial charge in [0.05, 0.1) is 6.54 Å². The van der Waals surface area contributed by atoms with Crippen LogP contribution in [0.2, 0.25) is 0 Å². The number of benzene rings is 1. The van der Waals surface area contributed by atoms with Crippen molar-refractivity contribution in [1.82, 2.24) is 25.4 Å². The number of rotatable bonds is 7. The molecule has 7 heteroatoms. The lowest BCUT2D eigenvalue weighted by Crippen LogP contribution is -2.22. The van der Waals surface area contributed by atoms with Crippen LogP contribution in [0, 0.1) is 0 Å². The number of pyridine rings is 1. The van der Waals surface area contributed by atoms with E-state index in [4.69, 9.17) is 4.52 Å². The molecular weight excluding hydrogens is 342 g/mol. The van der Waals surface area contributed by atoms with Gasteiger partial charge >= 0.3 is 0 Å². The minimum atomic E-state index is -0.0292. The van der Waals surface area contributed by atoms with Crippen LogP contribution in [0.3, 0.4) is 0 Å². The molecule has 0 aliphatic heterocycles. The number of nitrogens with one attached hydrogen (secondary N) is 2. The van der Waals surface area contributed by atoms with Crippen molar-refractivity contribution in [3.8, 4) is 11.4 Å². The van der Waals surface area contributed by atoms with Crippen LogP contribution < -0.4 is 5.32 Å². The highest BCUT2D eigenvalue weighted by Crippen LogP contribution is 2.19. The molecule has 2 N–H and O–H groups in total. The Bertz CT molecular complexity index is 1040. The molecule has 0 aliphatic carbocycles. The number of aromatic nitrogens is 4. The molecule has 0 unspecified atom stereocenters. The Kier molecular flexibility index (Phi) is 4.91. The van der Waals surface area contributed by atoms with Gasteiger partial charge in [0.15, 0.2) is 0 Å². The van der Waals surface area contributed by atoms with Crippen LogP contribution in [0.4, 0.5) is 0 Å². The zero-order valence-corrected chi connectivity index (χ0v) is 14.7. The maximum absolute atomic E-state index is 12.1. The third-order valence-corrected chi connectivity index (χ3v) is 4.37. The zero-order valence-electron chi connectivity index (χ0n) is 14.7. The lowest BCUT2D eigenvalue weighted by Gasteiger charge is -2.02. The van der Waals surface area contributed by atoms with Gasteiger partial charge in [-0.1, -0.05) is 23.4 Å². The summed E-state index contributed by atoms with van der Waals surface area (Å²) in [7, 11) is 0. The van der Waals surface area contributed by atoms with E-state index in [0.717, 1.165) is 23.9 Å². The van der Waals surface area contributed by atoms with Crippen molar-refractivity contribution in [2.24, 2.45) is 0 Å². The van der Waals surface area contributed by atoms with Gasteiger partial charge in [0.25, 0.3) is 0 Å². The summed E-state index contributed by atoms with van der Waals surface area (Å²) < 4.78 is 5.18. The number of aromatic amines is 1. The van der Waals surface area contributed by atoms with Gasteiger partial charge in [0, 0.05) is 41.5 Å². The van der Waals surface area contributed by atoms with E-state index in [1.54, 1.807) is 24.5 Å². The zero-order chi connectivity index (χ0) is 18.5. The minimum absolute atomic E-state index is 0.0292. The Morgan fingerprint density at radius 1 is 1.15 bits per heavy atom. The predicted molar refractivity (Wildman–Crippen MR) is 101 cm³/mol. The molecule has 3 aromatic heterocycles. The average molecular weight is 361 g/mol. The van der Waals surface area contributed by atoms with Crippen LogP contribution in [0.5, 0.6) is 0 Å². The summed E-state index contributed by atoms with van der Waals surface area (Å²) in [4.78, 5) is 23.6. The second-order valence-electron chi connectivity index (χ2n) is 6.24. The van der Waals surface area contributed by atoms with Crippen molar-refractivity contribution in [1.29, 1.82) is 0 Å². The SMILES string of the molecule is O=C(CCCc1c[nH]c2ccccc12)NCc1nc(-c2ccncc2)no1. The molecule has 7 nitrogen and oxygen atoms in total. The van der Waals surface area contributed by atoms with Gasteiger partial charge < -0.3 is 14.8 Å². The van der Waals surface area contributed by atoms with Crippen molar-refractivity contribution in [3.05, 3.63) is 66.4 Å². The largest absolute Gasteiger partial charge is 0.361 e. The fourth-order valence-electron chi connectivity index (χ4n) is 2.99. The van der Waals surface area contributed by atoms with Gasteiger partial charge in [-0.2, -0.15) is 4.98 Å². The molecule has 0 atom stereocenters. The van der Waals surface area contributed by atoms with E-state index in [1.807, 2.05) is 18.3 Å². The van der Waals surface area contributed by atoms with Crippen molar-refractivity contribution in [3.63, 3.8) is 0 Å². The third-order valence-electron chi connectivity index (χ3n) is 4.37. The average Bonchev–Trinajstić information content (AvgIpc) is 3.35. The van der Waals surface area contributed by atoms with E-state index in [-0.39, 0.29) is 12.5 Å². The smallest absolute Gasteiger partial charge is 0.246 e. The quantitative estimate of drug-likeness (QED) is 0.527. The van der Waals surface area contributed by atoms with Crippen molar-refractivity contribution in [2.45, 2.75) is 25.8 Å². The first-order chi connectivity index (χ1) is 13.3. The molecule has 1 amide bonds. The number of amides is 1. The van der Waals surface area contributed by atoms with E-state index < -0.39 is 0 Å². The molecule has 136 valence electrons. The van der Waals surface area contributed by atoms with Crippen LogP contribution in [-0.2, 0) is 17.8 Å². The highest BCUT2D eigenvalue weighted by atomic mass is 16.5. The van der Waals surface area contributed by atoms with E-state index in [2.05, 4.69) is 37.6 Å². The minimum Gasteiger partial charge on any atom is -0.361 e. The van der Waals surface area contributed by atoms with Gasteiger partial charge in [-0.15, -0.1) is 0 Å². The number of hydrogen-bond donors (Lipinski definition) is 2. The van der Waals surface area contributed by atoms with Crippen molar-refractivity contribution in [2.75, 3.05) is 0 Å². The van der Waals surface area contributed by atoms with E-state index in [9.17, 15) is 4.79 Å². The highest BCUT2D eigenvalue weighted by Gasteiger charge is 2.10. The number of nitrogens with zero attached hydrogens (tertiary/aromatic N) is 3. The first-order valence-corrected chi connectivity index (χ1v) is 8.84. The standard InChI is InChI=1S/C20H19N5O2/c26-18(7-3-4-15-12-22-17-6-2-1-5-16(15)17)23-13-19-24-20(25-27-19)14-8-10-21-11-9-14/h1-2,5-6,8-12,22H,3-4,7,13H2,(H,23,26). The van der Waals surface area contributed by atoms with Gasteiger partial charge in [0.2, 0.25) is 17.6 Å². The van der Waals surface area contributed by atoms with Gasteiger partial charge in [-0.25, -0.2) is 0 Å². The normalized spacial score (nSPS) is 11.0. The molecule has 0 spiro atoms. The molecule has 0 bridgehead atoms. The maximum atomic E-state index is 12.1. The third kappa shape index (κ3) is 4.03. The number of carbonyl (C=O) groups is 1. The topological polar surface area (TPSA) is 96.7 Å². The summed E-state index contributed by atoms with van der Waals surface area (Å²) in [6.45, 7) is 0.226. The highest BCUT2D eigenvalue weighted by molar-refractivity contribution is 5.83. The first-order valence-electron chi connectivity index (χ1n) is 8.84. The molecule has 3 heterocycles. The molecule has 0 radical (unpaired) electrons. The molecule has 0 fully saturated rings. The summed E-state index contributed by atoms with van der Waals surface area (Å²) in [6, 6.07) is 11.8. The van der Waals surface area contributed by atoms with Crippen LogP contribution in [-0.4, -0.2) is 26.0 Å². The van der Waals surface area contributed by atoms with Crippen LogP contribution in [0.15, 0.2) is 59.5 Å². The Morgan fingerprint density at radius 2 is 2.00 bits per heavy atom. The maximum Gasteiger partial charge on any atom is 0.246 e. The van der Waals surface area contributed by atoms with Crippen molar-refractivity contribution < 1.29 is 9.32 Å². The summed E-state index contributed by atoms with van der Waals surface area (Å²) in [5.74, 6) is 0.839. The second-order valence-corrected chi connectivity index (χ2v) is 6.24. The molecular formula is C20H19N5O2. The van der Waals surface area contributed by atoms with E-state index in [1.165, 1.54) is 10.9 Å². The van der Waals surface area contributed by atoms with Crippen LogP contribution >= 0.6 is 0 Å². The van der Waals surface area contributed by atoms with E-state index in [0.29, 0.717) is 18.1 Å². The molecule has 1 aromatic carbocycles. The lowest BCUT2D eigenvalue weighted by atomic mass is 10.1. The fraction of sp³-hybridized carbons (Fsp3) is 0.200. The Balaban J connectivity index is 1.25. The Hall–Kier alpha value is -3.48. The molecule has 0 saturated carbocycles. The summed E-state index contributed by atoms with van der Waals surface area (Å²) in [5.41, 5.74) is 3.18. The first kappa shape index (κ1) is 17.0. The Labute approximate surface area is 155 Å². The summed E-state index contributed by atoms with van der Waals surface area (Å²) in [6.07, 6.45) is 7.43. The van der Waals surface area contributed by atoms with Crippen LogP contribution in [0.25, 0.3) is 22.3 Å². The van der Waals surface area contributed by atoms with Crippen molar-refractivity contribution >= 4 is 16.8 Å². The second kappa shape index (κ2) is 7.82. The van der Waals surface area contributed by atoms with E-state index >= 15 is 0 Å². The van der Waals surface area contributed by atoms with Gasteiger partial charge in [0.1, 0.15) is 0 Å². The number of hydrogen-bond acceptors (Lipinski definition) is 5. The molecule has 4 rings (SSSR count). The molecule has 27 heavy (non-hydrogen) atoms. The number of H-pyrrole nitrogens is 1. The Morgan fingerprint density at radius 3 is 2.89 bits per heavy atom. The van der Waals surface area contributed by atoms with Crippen LogP contribution in [0.1, 0.15) is 24.3 Å². The van der Waals surface area contributed by atoms with Gasteiger partial charge in [-0.05, 0) is 36.6 Å². The number of aryl methyl sites for hydroxylation is 1. The number of para-hydroxylation sites is 1. The molecule has 4 aromatic rings. The molecule has 0 saturated heterocycles. The predicted octanol–water partition coefficient (Wildman–Crippen LogP) is 3.25. The number of carbonyl (C=O) groups excluding carboxylic acids is 1. The molecule has 0 aliphatic rings. The summed E-state index contributed by atoms with van der Waals surface area (Å²) in [5, 5.41) is 7.96.